The topological polar surface area (TPSA) is 54.0 Å². The summed E-state index contributed by atoms with van der Waals surface area (Å²) in [6.45, 7) is 3.80. The number of rotatable bonds is 2. The van der Waals surface area contributed by atoms with Gasteiger partial charge in [-0.25, -0.2) is 4.98 Å². The van der Waals surface area contributed by atoms with E-state index in [2.05, 4.69) is 15.6 Å². The van der Waals surface area contributed by atoms with Crippen LogP contribution < -0.4 is 10.6 Å². The molecule has 0 aliphatic carbocycles. The van der Waals surface area contributed by atoms with E-state index < -0.39 is 0 Å². The summed E-state index contributed by atoms with van der Waals surface area (Å²) >= 11 is 0. The molecule has 1 aliphatic heterocycles. The number of carbonyl (C=O) groups is 1. The van der Waals surface area contributed by atoms with Crippen molar-refractivity contribution in [3.63, 3.8) is 0 Å². The van der Waals surface area contributed by atoms with E-state index in [1.165, 1.54) is 0 Å². The van der Waals surface area contributed by atoms with Crippen LogP contribution in [0, 0.1) is 6.92 Å². The fraction of sp³-hybridized carbons (Fsp3) is 0.500. The molecule has 0 aromatic carbocycles. The molecule has 0 radical (unpaired) electrons. The predicted octanol–water partition coefficient (Wildman–Crippen LogP) is 0.872. The second kappa shape index (κ2) is 5.07. The molecule has 4 heteroatoms. The van der Waals surface area contributed by atoms with Crippen molar-refractivity contribution in [2.24, 2.45) is 0 Å². The summed E-state index contributed by atoms with van der Waals surface area (Å²) in [6, 6.07) is 5.73. The Balaban J connectivity index is 1.97. The summed E-state index contributed by atoms with van der Waals surface area (Å²) in [5.41, 5.74) is 1.37. The summed E-state index contributed by atoms with van der Waals surface area (Å²) < 4.78 is 0. The van der Waals surface area contributed by atoms with Gasteiger partial charge >= 0.3 is 0 Å². The first-order valence-corrected chi connectivity index (χ1v) is 5.71. The van der Waals surface area contributed by atoms with Gasteiger partial charge in [-0.3, -0.25) is 4.79 Å². The molecule has 1 unspecified atom stereocenters. The van der Waals surface area contributed by atoms with Crippen LogP contribution in [0.25, 0.3) is 0 Å². The Morgan fingerprint density at radius 2 is 2.44 bits per heavy atom. The van der Waals surface area contributed by atoms with E-state index in [9.17, 15) is 4.79 Å². The van der Waals surface area contributed by atoms with Gasteiger partial charge in [0.15, 0.2) is 0 Å². The van der Waals surface area contributed by atoms with E-state index in [1.807, 2.05) is 19.1 Å². The molecule has 0 saturated carbocycles. The number of hydrogen-bond donors (Lipinski definition) is 2. The van der Waals surface area contributed by atoms with Crippen LogP contribution in [-0.4, -0.2) is 30.0 Å². The average molecular weight is 219 g/mol. The Hall–Kier alpha value is -1.42. The van der Waals surface area contributed by atoms with Gasteiger partial charge in [-0.2, -0.15) is 0 Å². The SMILES string of the molecule is Cc1cccc(C(=O)NC2CCCNC2)n1. The van der Waals surface area contributed by atoms with E-state index in [4.69, 9.17) is 0 Å². The van der Waals surface area contributed by atoms with Crippen LogP contribution in [0.2, 0.25) is 0 Å². The molecule has 1 saturated heterocycles. The molecule has 1 aliphatic rings. The molecular weight excluding hydrogens is 202 g/mol. The summed E-state index contributed by atoms with van der Waals surface area (Å²) in [7, 11) is 0. The first-order valence-electron chi connectivity index (χ1n) is 5.71. The number of nitrogens with zero attached hydrogens (tertiary/aromatic N) is 1. The van der Waals surface area contributed by atoms with Crippen molar-refractivity contribution in [1.29, 1.82) is 0 Å². The fourth-order valence-corrected chi connectivity index (χ4v) is 1.90. The standard InChI is InChI=1S/C12H17N3O/c1-9-4-2-6-11(14-9)12(16)15-10-5-3-7-13-8-10/h2,4,6,10,13H,3,5,7-8H2,1H3,(H,15,16). The quantitative estimate of drug-likeness (QED) is 0.776. The van der Waals surface area contributed by atoms with Crippen molar-refractivity contribution in [3.8, 4) is 0 Å². The van der Waals surface area contributed by atoms with Crippen molar-refractivity contribution < 1.29 is 4.79 Å². The van der Waals surface area contributed by atoms with Crippen molar-refractivity contribution in [3.05, 3.63) is 29.6 Å². The molecule has 4 nitrogen and oxygen atoms in total. The summed E-state index contributed by atoms with van der Waals surface area (Å²) in [5, 5.41) is 6.27. The summed E-state index contributed by atoms with van der Waals surface area (Å²) in [4.78, 5) is 16.1. The zero-order chi connectivity index (χ0) is 11.4. The minimum absolute atomic E-state index is 0.0719. The zero-order valence-electron chi connectivity index (χ0n) is 9.49. The number of aryl methyl sites for hydroxylation is 1. The molecule has 1 atom stereocenters. The van der Waals surface area contributed by atoms with E-state index in [0.717, 1.165) is 31.6 Å². The maximum Gasteiger partial charge on any atom is 0.270 e. The Kier molecular flexibility index (Phi) is 3.51. The van der Waals surface area contributed by atoms with Crippen LogP contribution in [0.5, 0.6) is 0 Å². The number of hydrogen-bond acceptors (Lipinski definition) is 3. The third kappa shape index (κ3) is 2.79. The second-order valence-corrected chi connectivity index (χ2v) is 4.18. The van der Waals surface area contributed by atoms with Crippen molar-refractivity contribution >= 4 is 5.91 Å². The predicted molar refractivity (Wildman–Crippen MR) is 62.3 cm³/mol. The molecule has 86 valence electrons. The van der Waals surface area contributed by atoms with Gasteiger partial charge in [0, 0.05) is 18.3 Å². The first-order chi connectivity index (χ1) is 7.75. The fourth-order valence-electron chi connectivity index (χ4n) is 1.90. The van der Waals surface area contributed by atoms with Gasteiger partial charge in [-0.05, 0) is 38.4 Å². The van der Waals surface area contributed by atoms with Gasteiger partial charge in [0.1, 0.15) is 5.69 Å². The van der Waals surface area contributed by atoms with Gasteiger partial charge in [0.2, 0.25) is 0 Å². The van der Waals surface area contributed by atoms with Crippen LogP contribution in [-0.2, 0) is 0 Å². The Labute approximate surface area is 95.5 Å². The van der Waals surface area contributed by atoms with Gasteiger partial charge in [-0.15, -0.1) is 0 Å². The number of carbonyl (C=O) groups excluding carboxylic acids is 1. The Morgan fingerprint density at radius 1 is 1.56 bits per heavy atom. The Bertz CT molecular complexity index is 372. The number of pyridine rings is 1. The number of piperidine rings is 1. The molecule has 0 bridgehead atoms. The first kappa shape index (κ1) is 11.1. The molecule has 1 amide bonds. The molecule has 2 N–H and O–H groups in total. The Morgan fingerprint density at radius 3 is 3.12 bits per heavy atom. The third-order valence-electron chi connectivity index (χ3n) is 2.75. The minimum Gasteiger partial charge on any atom is -0.347 e. The number of nitrogens with one attached hydrogen (secondary N) is 2. The lowest BCUT2D eigenvalue weighted by Gasteiger charge is -2.23. The van der Waals surface area contributed by atoms with E-state index in [1.54, 1.807) is 6.07 Å². The third-order valence-corrected chi connectivity index (χ3v) is 2.75. The highest BCUT2D eigenvalue weighted by molar-refractivity contribution is 5.92. The summed E-state index contributed by atoms with van der Waals surface area (Å²) in [5.74, 6) is -0.0719. The minimum atomic E-state index is -0.0719. The molecule has 2 rings (SSSR count). The highest BCUT2D eigenvalue weighted by atomic mass is 16.1. The van der Waals surface area contributed by atoms with E-state index in [-0.39, 0.29) is 11.9 Å². The van der Waals surface area contributed by atoms with Gasteiger partial charge in [0.25, 0.3) is 5.91 Å². The largest absolute Gasteiger partial charge is 0.347 e. The van der Waals surface area contributed by atoms with Crippen LogP contribution in [0.3, 0.4) is 0 Å². The zero-order valence-corrected chi connectivity index (χ0v) is 9.49. The molecule has 2 heterocycles. The molecule has 1 fully saturated rings. The second-order valence-electron chi connectivity index (χ2n) is 4.18. The maximum atomic E-state index is 11.9. The molecule has 16 heavy (non-hydrogen) atoms. The van der Waals surface area contributed by atoms with E-state index >= 15 is 0 Å². The van der Waals surface area contributed by atoms with Crippen molar-refractivity contribution in [2.45, 2.75) is 25.8 Å². The smallest absolute Gasteiger partial charge is 0.270 e. The van der Waals surface area contributed by atoms with Gasteiger partial charge < -0.3 is 10.6 Å². The maximum absolute atomic E-state index is 11.9. The van der Waals surface area contributed by atoms with E-state index in [0.29, 0.717) is 5.69 Å². The van der Waals surface area contributed by atoms with Gasteiger partial charge in [-0.1, -0.05) is 6.07 Å². The lowest BCUT2D eigenvalue weighted by molar-refractivity contribution is 0.0925. The summed E-state index contributed by atoms with van der Waals surface area (Å²) in [6.07, 6.45) is 2.16. The van der Waals surface area contributed by atoms with Gasteiger partial charge in [0.05, 0.1) is 0 Å². The molecular formula is C12H17N3O. The van der Waals surface area contributed by atoms with Crippen molar-refractivity contribution in [2.75, 3.05) is 13.1 Å². The van der Waals surface area contributed by atoms with Crippen LogP contribution in [0.1, 0.15) is 29.0 Å². The molecule has 1 aromatic heterocycles. The van der Waals surface area contributed by atoms with Crippen LogP contribution >= 0.6 is 0 Å². The number of aromatic nitrogens is 1. The lowest BCUT2D eigenvalue weighted by atomic mass is 10.1. The van der Waals surface area contributed by atoms with Crippen LogP contribution in [0.4, 0.5) is 0 Å². The highest BCUT2D eigenvalue weighted by Gasteiger charge is 2.16. The molecule has 1 aromatic rings. The van der Waals surface area contributed by atoms with Crippen molar-refractivity contribution in [1.82, 2.24) is 15.6 Å². The monoisotopic (exact) mass is 219 g/mol. The highest BCUT2D eigenvalue weighted by Crippen LogP contribution is 2.03. The van der Waals surface area contributed by atoms with Crippen LogP contribution in [0.15, 0.2) is 18.2 Å². The lowest BCUT2D eigenvalue weighted by Crippen LogP contribution is -2.45. The normalized spacial score (nSPS) is 20.4. The number of amides is 1. The average Bonchev–Trinajstić information content (AvgIpc) is 2.30. The molecule has 0 spiro atoms.